The SMILES string of the molecule is CCc1ccc(C(COCC2CCCC2)NC)cc1. The Hall–Kier alpha value is -0.860. The van der Waals surface area contributed by atoms with Crippen LogP contribution in [0.2, 0.25) is 0 Å². The Bertz CT molecular complexity index is 354. The molecular formula is C17H27NO. The van der Waals surface area contributed by atoms with E-state index in [9.17, 15) is 0 Å². The molecular weight excluding hydrogens is 234 g/mol. The van der Waals surface area contributed by atoms with E-state index in [0.717, 1.165) is 25.6 Å². The predicted octanol–water partition coefficient (Wildman–Crippen LogP) is 3.72. The lowest BCUT2D eigenvalue weighted by Gasteiger charge is -2.18. The molecule has 1 N–H and O–H groups in total. The predicted molar refractivity (Wildman–Crippen MR) is 80.4 cm³/mol. The number of aryl methyl sites for hydroxylation is 1. The Morgan fingerprint density at radius 1 is 1.21 bits per heavy atom. The zero-order chi connectivity index (χ0) is 13.5. The van der Waals surface area contributed by atoms with E-state index in [-0.39, 0.29) is 0 Å². The Labute approximate surface area is 117 Å². The van der Waals surface area contributed by atoms with Crippen LogP contribution in [0.3, 0.4) is 0 Å². The number of likely N-dealkylation sites (N-methyl/N-ethyl adjacent to an activating group) is 1. The zero-order valence-corrected chi connectivity index (χ0v) is 12.3. The molecule has 2 rings (SSSR count). The van der Waals surface area contributed by atoms with Crippen molar-refractivity contribution in [3.63, 3.8) is 0 Å². The van der Waals surface area contributed by atoms with E-state index < -0.39 is 0 Å². The van der Waals surface area contributed by atoms with Crippen molar-refractivity contribution in [3.05, 3.63) is 35.4 Å². The lowest BCUT2D eigenvalue weighted by atomic mass is 10.0. The third-order valence-corrected chi connectivity index (χ3v) is 4.25. The van der Waals surface area contributed by atoms with E-state index in [1.54, 1.807) is 0 Å². The summed E-state index contributed by atoms with van der Waals surface area (Å²) < 4.78 is 5.92. The first-order valence-electron chi connectivity index (χ1n) is 7.67. The van der Waals surface area contributed by atoms with Crippen molar-refractivity contribution in [1.82, 2.24) is 5.32 Å². The monoisotopic (exact) mass is 261 g/mol. The number of nitrogens with one attached hydrogen (secondary N) is 1. The molecule has 1 fully saturated rings. The first kappa shape index (κ1) is 14.5. The second-order valence-electron chi connectivity index (χ2n) is 5.62. The molecule has 19 heavy (non-hydrogen) atoms. The highest BCUT2D eigenvalue weighted by Gasteiger charge is 2.16. The Kier molecular flexibility index (Phi) is 5.87. The van der Waals surface area contributed by atoms with Crippen molar-refractivity contribution in [3.8, 4) is 0 Å². The van der Waals surface area contributed by atoms with Crippen molar-refractivity contribution in [2.45, 2.75) is 45.1 Å². The van der Waals surface area contributed by atoms with Gasteiger partial charge in [-0.3, -0.25) is 0 Å². The molecule has 1 unspecified atom stereocenters. The van der Waals surface area contributed by atoms with Gasteiger partial charge in [0.15, 0.2) is 0 Å². The second kappa shape index (κ2) is 7.66. The summed E-state index contributed by atoms with van der Waals surface area (Å²) in [6.07, 6.45) is 6.59. The second-order valence-corrected chi connectivity index (χ2v) is 5.62. The summed E-state index contributed by atoms with van der Waals surface area (Å²) in [6, 6.07) is 9.19. The molecule has 0 amide bonds. The average Bonchev–Trinajstić information content (AvgIpc) is 2.97. The van der Waals surface area contributed by atoms with Gasteiger partial charge in [0, 0.05) is 6.61 Å². The lowest BCUT2D eigenvalue weighted by molar-refractivity contribution is 0.0844. The van der Waals surface area contributed by atoms with E-state index in [1.165, 1.54) is 36.8 Å². The fourth-order valence-electron chi connectivity index (χ4n) is 2.86. The van der Waals surface area contributed by atoms with Crippen LogP contribution >= 0.6 is 0 Å². The molecule has 106 valence electrons. The van der Waals surface area contributed by atoms with Crippen LogP contribution in [0, 0.1) is 5.92 Å². The minimum absolute atomic E-state index is 0.312. The fourth-order valence-corrected chi connectivity index (χ4v) is 2.86. The number of hydrogen-bond donors (Lipinski definition) is 1. The maximum Gasteiger partial charge on any atom is 0.0661 e. The van der Waals surface area contributed by atoms with Crippen LogP contribution in [-0.4, -0.2) is 20.3 Å². The van der Waals surface area contributed by atoms with Gasteiger partial charge in [0.05, 0.1) is 12.6 Å². The third-order valence-electron chi connectivity index (χ3n) is 4.25. The number of benzene rings is 1. The van der Waals surface area contributed by atoms with Gasteiger partial charge >= 0.3 is 0 Å². The minimum Gasteiger partial charge on any atom is -0.379 e. The van der Waals surface area contributed by atoms with Crippen molar-refractivity contribution >= 4 is 0 Å². The summed E-state index contributed by atoms with van der Waals surface area (Å²) in [5.74, 6) is 0.806. The molecule has 0 saturated heterocycles. The summed E-state index contributed by atoms with van der Waals surface area (Å²) in [7, 11) is 2.01. The largest absolute Gasteiger partial charge is 0.379 e. The van der Waals surface area contributed by atoms with Crippen LogP contribution in [-0.2, 0) is 11.2 Å². The van der Waals surface area contributed by atoms with Gasteiger partial charge < -0.3 is 10.1 Å². The van der Waals surface area contributed by atoms with Gasteiger partial charge in [0.25, 0.3) is 0 Å². The number of hydrogen-bond acceptors (Lipinski definition) is 2. The molecule has 0 radical (unpaired) electrons. The first-order chi connectivity index (χ1) is 9.33. The highest BCUT2D eigenvalue weighted by Crippen LogP contribution is 2.25. The van der Waals surface area contributed by atoms with E-state index in [4.69, 9.17) is 4.74 Å². The van der Waals surface area contributed by atoms with Gasteiger partial charge in [-0.15, -0.1) is 0 Å². The van der Waals surface area contributed by atoms with E-state index in [1.807, 2.05) is 7.05 Å². The molecule has 1 aliphatic carbocycles. The molecule has 0 bridgehead atoms. The van der Waals surface area contributed by atoms with E-state index >= 15 is 0 Å². The molecule has 0 aliphatic heterocycles. The summed E-state index contributed by atoms with van der Waals surface area (Å²) in [5, 5.41) is 3.36. The first-order valence-corrected chi connectivity index (χ1v) is 7.67. The quantitative estimate of drug-likeness (QED) is 0.808. The maximum atomic E-state index is 5.92. The third kappa shape index (κ3) is 4.32. The van der Waals surface area contributed by atoms with E-state index in [2.05, 4.69) is 36.5 Å². The van der Waals surface area contributed by atoms with Crippen LogP contribution in [0.4, 0.5) is 0 Å². The normalized spacial score (nSPS) is 17.8. The fraction of sp³-hybridized carbons (Fsp3) is 0.647. The van der Waals surface area contributed by atoms with Crippen molar-refractivity contribution < 1.29 is 4.74 Å². The molecule has 1 aliphatic rings. The molecule has 0 aromatic heterocycles. The summed E-state index contributed by atoms with van der Waals surface area (Å²) in [4.78, 5) is 0. The lowest BCUT2D eigenvalue weighted by Crippen LogP contribution is -2.23. The molecule has 1 atom stereocenters. The van der Waals surface area contributed by atoms with Gasteiger partial charge in [-0.05, 0) is 43.4 Å². The van der Waals surface area contributed by atoms with Crippen LogP contribution in [0.5, 0.6) is 0 Å². The highest BCUT2D eigenvalue weighted by atomic mass is 16.5. The Balaban J connectivity index is 1.80. The van der Waals surface area contributed by atoms with Crippen molar-refractivity contribution in [1.29, 1.82) is 0 Å². The van der Waals surface area contributed by atoms with Crippen LogP contribution in [0.15, 0.2) is 24.3 Å². The average molecular weight is 261 g/mol. The summed E-state index contributed by atoms with van der Waals surface area (Å²) in [5.41, 5.74) is 2.72. The molecule has 1 aromatic rings. The van der Waals surface area contributed by atoms with E-state index in [0.29, 0.717) is 6.04 Å². The molecule has 2 heteroatoms. The molecule has 1 saturated carbocycles. The van der Waals surface area contributed by atoms with Gasteiger partial charge in [-0.25, -0.2) is 0 Å². The minimum atomic E-state index is 0.312. The Morgan fingerprint density at radius 3 is 2.47 bits per heavy atom. The smallest absolute Gasteiger partial charge is 0.0661 e. The van der Waals surface area contributed by atoms with Gasteiger partial charge in [-0.2, -0.15) is 0 Å². The topological polar surface area (TPSA) is 21.3 Å². The Morgan fingerprint density at radius 2 is 1.89 bits per heavy atom. The number of ether oxygens (including phenoxy) is 1. The van der Waals surface area contributed by atoms with Crippen molar-refractivity contribution in [2.75, 3.05) is 20.3 Å². The molecule has 0 spiro atoms. The number of rotatable bonds is 7. The van der Waals surface area contributed by atoms with Crippen LogP contribution < -0.4 is 5.32 Å². The maximum absolute atomic E-state index is 5.92. The van der Waals surface area contributed by atoms with Crippen molar-refractivity contribution in [2.24, 2.45) is 5.92 Å². The summed E-state index contributed by atoms with van der Waals surface area (Å²) in [6.45, 7) is 3.90. The molecule has 2 nitrogen and oxygen atoms in total. The van der Waals surface area contributed by atoms with Gasteiger partial charge in [-0.1, -0.05) is 44.0 Å². The van der Waals surface area contributed by atoms with Gasteiger partial charge in [0.1, 0.15) is 0 Å². The van der Waals surface area contributed by atoms with Crippen LogP contribution in [0.25, 0.3) is 0 Å². The summed E-state index contributed by atoms with van der Waals surface area (Å²) >= 11 is 0. The zero-order valence-electron chi connectivity index (χ0n) is 12.3. The molecule has 1 aromatic carbocycles. The highest BCUT2D eigenvalue weighted by molar-refractivity contribution is 5.25. The molecule has 0 heterocycles. The van der Waals surface area contributed by atoms with Gasteiger partial charge in [0.2, 0.25) is 0 Å². The van der Waals surface area contributed by atoms with Crippen LogP contribution in [0.1, 0.15) is 49.8 Å². The standard InChI is InChI=1S/C17H27NO/c1-3-14-8-10-16(11-9-14)17(18-2)13-19-12-15-6-4-5-7-15/h8-11,15,17-18H,3-7,12-13H2,1-2H3.